The van der Waals surface area contributed by atoms with Gasteiger partial charge >= 0.3 is 0 Å². The lowest BCUT2D eigenvalue weighted by Gasteiger charge is -2.05. The maximum atomic E-state index is 12.2. The van der Waals surface area contributed by atoms with E-state index in [1.165, 1.54) is 5.56 Å². The van der Waals surface area contributed by atoms with Crippen LogP contribution in [0.4, 0.5) is 0 Å². The van der Waals surface area contributed by atoms with Gasteiger partial charge in [-0.1, -0.05) is 30.3 Å². The second kappa shape index (κ2) is 6.20. The SMILES string of the molecule is Cn1c(Cl)nc2cc(C(=O)NCCc3ccccc3)ccc21. The highest BCUT2D eigenvalue weighted by Gasteiger charge is 2.10. The topological polar surface area (TPSA) is 46.9 Å². The summed E-state index contributed by atoms with van der Waals surface area (Å²) in [6, 6.07) is 15.5. The Morgan fingerprint density at radius 3 is 2.77 bits per heavy atom. The molecule has 0 bridgehead atoms. The van der Waals surface area contributed by atoms with Crippen LogP contribution < -0.4 is 5.32 Å². The lowest BCUT2D eigenvalue weighted by atomic mass is 10.1. The quantitative estimate of drug-likeness (QED) is 0.804. The van der Waals surface area contributed by atoms with Crippen LogP contribution in [0.1, 0.15) is 15.9 Å². The second-order valence-corrected chi connectivity index (χ2v) is 5.47. The van der Waals surface area contributed by atoms with Gasteiger partial charge in [-0.3, -0.25) is 4.79 Å². The fourth-order valence-corrected chi connectivity index (χ4v) is 2.56. The Bertz CT molecular complexity index is 811. The number of benzene rings is 2. The summed E-state index contributed by atoms with van der Waals surface area (Å²) in [5, 5.41) is 3.34. The number of amides is 1. The molecule has 4 nitrogen and oxygen atoms in total. The maximum absolute atomic E-state index is 12.2. The van der Waals surface area contributed by atoms with Crippen molar-refractivity contribution in [2.24, 2.45) is 7.05 Å². The number of carbonyl (C=O) groups is 1. The Morgan fingerprint density at radius 1 is 1.23 bits per heavy atom. The van der Waals surface area contributed by atoms with E-state index in [1.807, 2.05) is 43.4 Å². The molecule has 22 heavy (non-hydrogen) atoms. The predicted molar refractivity (Wildman–Crippen MR) is 88.2 cm³/mol. The third-order valence-corrected chi connectivity index (χ3v) is 3.97. The van der Waals surface area contributed by atoms with Crippen molar-refractivity contribution >= 4 is 28.5 Å². The summed E-state index contributed by atoms with van der Waals surface area (Å²) in [7, 11) is 1.84. The summed E-state index contributed by atoms with van der Waals surface area (Å²) < 4.78 is 1.79. The lowest BCUT2D eigenvalue weighted by molar-refractivity contribution is 0.0954. The molecule has 0 saturated carbocycles. The van der Waals surface area contributed by atoms with E-state index in [4.69, 9.17) is 11.6 Å². The van der Waals surface area contributed by atoms with Gasteiger partial charge in [-0.2, -0.15) is 0 Å². The van der Waals surface area contributed by atoms with Crippen LogP contribution in [0.25, 0.3) is 11.0 Å². The molecular formula is C17H16ClN3O. The van der Waals surface area contributed by atoms with Gasteiger partial charge in [0.05, 0.1) is 11.0 Å². The molecule has 5 heteroatoms. The number of fused-ring (bicyclic) bond motifs is 1. The highest BCUT2D eigenvalue weighted by atomic mass is 35.5. The van der Waals surface area contributed by atoms with Crippen LogP contribution in [0.2, 0.25) is 5.28 Å². The van der Waals surface area contributed by atoms with Crippen molar-refractivity contribution in [1.82, 2.24) is 14.9 Å². The van der Waals surface area contributed by atoms with Gasteiger partial charge in [0.2, 0.25) is 5.28 Å². The number of nitrogens with zero attached hydrogens (tertiary/aromatic N) is 2. The van der Waals surface area contributed by atoms with E-state index in [2.05, 4.69) is 10.3 Å². The fraction of sp³-hybridized carbons (Fsp3) is 0.176. The molecule has 2 aromatic carbocycles. The first-order valence-corrected chi connectivity index (χ1v) is 7.47. The number of carbonyl (C=O) groups excluding carboxylic acids is 1. The van der Waals surface area contributed by atoms with Crippen LogP contribution in [-0.4, -0.2) is 22.0 Å². The van der Waals surface area contributed by atoms with Gasteiger partial charge in [0, 0.05) is 19.2 Å². The Kier molecular flexibility index (Phi) is 4.11. The first-order valence-electron chi connectivity index (χ1n) is 7.09. The van der Waals surface area contributed by atoms with Gasteiger partial charge in [-0.05, 0) is 41.8 Å². The lowest BCUT2D eigenvalue weighted by Crippen LogP contribution is -2.25. The van der Waals surface area contributed by atoms with E-state index in [0.29, 0.717) is 17.4 Å². The molecular weight excluding hydrogens is 298 g/mol. The molecule has 0 radical (unpaired) electrons. The molecule has 1 aromatic heterocycles. The molecule has 3 aromatic rings. The first-order chi connectivity index (χ1) is 10.6. The Morgan fingerprint density at radius 2 is 2.00 bits per heavy atom. The van der Waals surface area contributed by atoms with Gasteiger partial charge in [0.25, 0.3) is 5.91 Å². The molecule has 0 aliphatic carbocycles. The minimum absolute atomic E-state index is 0.0976. The molecule has 0 saturated heterocycles. The molecule has 0 unspecified atom stereocenters. The van der Waals surface area contributed by atoms with Gasteiger partial charge in [-0.25, -0.2) is 4.98 Å². The van der Waals surface area contributed by atoms with Crippen molar-refractivity contribution < 1.29 is 4.79 Å². The van der Waals surface area contributed by atoms with E-state index >= 15 is 0 Å². The van der Waals surface area contributed by atoms with Crippen molar-refractivity contribution in [3.05, 3.63) is 64.9 Å². The Hall–Kier alpha value is -2.33. The molecule has 1 N–H and O–H groups in total. The van der Waals surface area contributed by atoms with Crippen molar-refractivity contribution in [2.45, 2.75) is 6.42 Å². The average Bonchev–Trinajstić information content (AvgIpc) is 2.82. The monoisotopic (exact) mass is 313 g/mol. The van der Waals surface area contributed by atoms with Crippen molar-refractivity contribution in [2.75, 3.05) is 6.54 Å². The summed E-state index contributed by atoms with van der Waals surface area (Å²) in [6.45, 7) is 0.601. The van der Waals surface area contributed by atoms with Crippen LogP contribution >= 0.6 is 11.6 Å². The van der Waals surface area contributed by atoms with E-state index in [1.54, 1.807) is 16.7 Å². The largest absolute Gasteiger partial charge is 0.352 e. The molecule has 0 aliphatic rings. The zero-order valence-corrected chi connectivity index (χ0v) is 13.0. The minimum Gasteiger partial charge on any atom is -0.352 e. The molecule has 1 heterocycles. The van der Waals surface area contributed by atoms with Crippen LogP contribution in [0.3, 0.4) is 0 Å². The third kappa shape index (κ3) is 2.97. The number of rotatable bonds is 4. The molecule has 0 atom stereocenters. The smallest absolute Gasteiger partial charge is 0.251 e. The van der Waals surface area contributed by atoms with E-state index < -0.39 is 0 Å². The standard InChI is InChI=1S/C17H16ClN3O/c1-21-15-8-7-13(11-14(15)20-17(21)18)16(22)19-10-9-12-5-3-2-4-6-12/h2-8,11H,9-10H2,1H3,(H,19,22). The van der Waals surface area contributed by atoms with Gasteiger partial charge < -0.3 is 9.88 Å². The molecule has 0 fully saturated rings. The van der Waals surface area contributed by atoms with Crippen molar-refractivity contribution in [1.29, 1.82) is 0 Å². The Labute approximate surface area is 133 Å². The highest BCUT2D eigenvalue weighted by Crippen LogP contribution is 2.19. The van der Waals surface area contributed by atoms with E-state index in [0.717, 1.165) is 17.5 Å². The summed E-state index contributed by atoms with van der Waals surface area (Å²) in [5.74, 6) is -0.0976. The third-order valence-electron chi connectivity index (χ3n) is 3.63. The van der Waals surface area contributed by atoms with Crippen molar-refractivity contribution in [3.8, 4) is 0 Å². The van der Waals surface area contributed by atoms with Gasteiger partial charge in [0.15, 0.2) is 0 Å². The Balaban J connectivity index is 1.67. The van der Waals surface area contributed by atoms with Gasteiger partial charge in [0.1, 0.15) is 0 Å². The minimum atomic E-state index is -0.0976. The number of halogens is 1. The van der Waals surface area contributed by atoms with Crippen LogP contribution in [0.5, 0.6) is 0 Å². The summed E-state index contributed by atoms with van der Waals surface area (Å²) in [4.78, 5) is 16.4. The molecule has 3 rings (SSSR count). The van der Waals surface area contributed by atoms with Crippen LogP contribution in [0.15, 0.2) is 48.5 Å². The fourth-order valence-electron chi connectivity index (χ4n) is 2.38. The number of imidazole rings is 1. The number of aryl methyl sites for hydroxylation is 1. The second-order valence-electron chi connectivity index (χ2n) is 5.13. The zero-order valence-electron chi connectivity index (χ0n) is 12.2. The van der Waals surface area contributed by atoms with E-state index in [-0.39, 0.29) is 5.91 Å². The van der Waals surface area contributed by atoms with E-state index in [9.17, 15) is 4.79 Å². The maximum Gasteiger partial charge on any atom is 0.251 e. The van der Waals surface area contributed by atoms with Crippen LogP contribution in [0, 0.1) is 0 Å². The molecule has 112 valence electrons. The van der Waals surface area contributed by atoms with Gasteiger partial charge in [-0.15, -0.1) is 0 Å². The molecule has 0 aliphatic heterocycles. The van der Waals surface area contributed by atoms with Crippen molar-refractivity contribution in [3.63, 3.8) is 0 Å². The number of nitrogens with one attached hydrogen (secondary N) is 1. The first kappa shape index (κ1) is 14.6. The zero-order chi connectivity index (χ0) is 15.5. The number of hydrogen-bond donors (Lipinski definition) is 1. The van der Waals surface area contributed by atoms with Crippen LogP contribution in [-0.2, 0) is 13.5 Å². The summed E-state index contributed by atoms with van der Waals surface area (Å²) >= 11 is 5.99. The summed E-state index contributed by atoms with van der Waals surface area (Å²) in [5.41, 5.74) is 3.43. The predicted octanol–water partition coefficient (Wildman–Crippen LogP) is 3.20. The average molecular weight is 314 g/mol. The number of hydrogen-bond acceptors (Lipinski definition) is 2. The molecule has 1 amide bonds. The molecule has 0 spiro atoms. The summed E-state index contributed by atoms with van der Waals surface area (Å²) in [6.07, 6.45) is 0.810. The normalized spacial score (nSPS) is 10.8. The number of aromatic nitrogens is 2. The highest BCUT2D eigenvalue weighted by molar-refractivity contribution is 6.29.